The third-order valence-electron chi connectivity index (χ3n) is 11.6. The van der Waals surface area contributed by atoms with Crippen molar-refractivity contribution in [3.8, 4) is 45.3 Å². The van der Waals surface area contributed by atoms with E-state index in [0.717, 1.165) is 61.5 Å². The van der Waals surface area contributed by atoms with E-state index < -0.39 is 0 Å². The molecule has 57 heavy (non-hydrogen) atoms. The topological polar surface area (TPSA) is 53.1 Å². The number of furan rings is 1. The van der Waals surface area contributed by atoms with Gasteiger partial charge in [-0.1, -0.05) is 121 Å². The van der Waals surface area contributed by atoms with Gasteiger partial charge in [-0.2, -0.15) is 0 Å². The van der Waals surface area contributed by atoms with Gasteiger partial charge in [-0.05, 0) is 71.8 Å². The summed E-state index contributed by atoms with van der Waals surface area (Å²) in [7, 11) is 0. The van der Waals surface area contributed by atoms with Crippen molar-refractivity contribution in [2.24, 2.45) is 0 Å². The first kappa shape index (κ1) is 31.8. The van der Waals surface area contributed by atoms with Crippen LogP contribution in [0.2, 0.25) is 0 Å². The molecule has 12 rings (SSSR count). The second-order valence-corrected chi connectivity index (χ2v) is 14.9. The molecule has 2 unspecified atom stereocenters. The minimum absolute atomic E-state index is 0.0962. The van der Waals surface area contributed by atoms with Crippen LogP contribution in [0.3, 0.4) is 0 Å². The number of ether oxygens (including phenoxy) is 1. The van der Waals surface area contributed by atoms with E-state index in [9.17, 15) is 0 Å². The fourth-order valence-electron chi connectivity index (χ4n) is 8.80. The number of allylic oxidation sites excluding steroid dienone is 2. The van der Waals surface area contributed by atoms with Gasteiger partial charge in [-0.15, -0.1) is 0 Å². The molecule has 10 aromatic rings. The lowest BCUT2D eigenvalue weighted by molar-refractivity contribution is 0.269. The minimum Gasteiger partial charge on any atom is -0.485 e. The number of para-hydroxylation sites is 2. The number of benzene rings is 7. The van der Waals surface area contributed by atoms with Crippen LogP contribution in [0, 0.1) is 0 Å². The SMILES string of the molecule is C1=CC2c3cc4c(cc3OC2C=C1c1ccc2c(c1)c1ccccc1n2-c1ccccc1)oc1cc(-c2cc(-c3ccccc3)nc(-c3ccccc3)n2)ccc14. The van der Waals surface area contributed by atoms with E-state index >= 15 is 0 Å². The number of hydrogen-bond donors (Lipinski definition) is 0. The molecule has 4 heterocycles. The highest BCUT2D eigenvalue weighted by Gasteiger charge is 2.34. The Morgan fingerprint density at radius 2 is 1.18 bits per heavy atom. The molecule has 0 fully saturated rings. The molecule has 5 heteroatoms. The zero-order valence-corrected chi connectivity index (χ0v) is 30.7. The van der Waals surface area contributed by atoms with Gasteiger partial charge in [0.15, 0.2) is 5.82 Å². The Hall–Kier alpha value is -7.50. The van der Waals surface area contributed by atoms with Gasteiger partial charge >= 0.3 is 0 Å². The van der Waals surface area contributed by atoms with Crippen molar-refractivity contribution >= 4 is 49.3 Å². The fourth-order valence-corrected chi connectivity index (χ4v) is 8.80. The highest BCUT2D eigenvalue weighted by atomic mass is 16.5. The molecule has 268 valence electrons. The standard InChI is InChI=1S/C52H33N3O2/c1-4-12-32(13-5-1)44-30-45(54-52(53-44)33-14-6-2-7-15-33)36-21-24-40-43-29-42-39-23-20-35(27-48(39)56-50(42)31-51(43)57-49(40)28-36)34-22-25-47-41(26-34)38-18-10-11-19-46(38)55(47)37-16-8-3-9-17-37/h1-31,39,48H. The lowest BCUT2D eigenvalue weighted by Crippen LogP contribution is -2.17. The number of hydrogen-bond acceptors (Lipinski definition) is 4. The van der Waals surface area contributed by atoms with Crippen LogP contribution in [0.5, 0.6) is 5.75 Å². The first-order valence-corrected chi connectivity index (χ1v) is 19.4. The molecule has 0 bridgehead atoms. The van der Waals surface area contributed by atoms with Crippen molar-refractivity contribution in [3.63, 3.8) is 0 Å². The molecule has 0 amide bonds. The zero-order valence-electron chi connectivity index (χ0n) is 30.7. The summed E-state index contributed by atoms with van der Waals surface area (Å²) in [6, 6.07) is 59.2. The van der Waals surface area contributed by atoms with Crippen LogP contribution in [0.15, 0.2) is 193 Å². The van der Waals surface area contributed by atoms with Crippen molar-refractivity contribution in [1.82, 2.24) is 14.5 Å². The molecule has 1 aliphatic heterocycles. The normalized spacial score (nSPS) is 15.9. The van der Waals surface area contributed by atoms with Crippen molar-refractivity contribution in [1.29, 1.82) is 0 Å². The highest BCUT2D eigenvalue weighted by molar-refractivity contribution is 6.10. The summed E-state index contributed by atoms with van der Waals surface area (Å²) < 4.78 is 15.6. The van der Waals surface area contributed by atoms with Gasteiger partial charge in [0, 0.05) is 61.5 Å². The second kappa shape index (κ2) is 12.5. The molecule has 0 spiro atoms. The predicted octanol–water partition coefficient (Wildman–Crippen LogP) is 13.0. The first-order valence-electron chi connectivity index (χ1n) is 19.4. The average molecular weight is 732 g/mol. The Balaban J connectivity index is 0.883. The maximum absolute atomic E-state index is 6.68. The summed E-state index contributed by atoms with van der Waals surface area (Å²) in [6.07, 6.45) is 6.75. The van der Waals surface area contributed by atoms with Gasteiger partial charge in [0.1, 0.15) is 23.0 Å². The fraction of sp³-hybridized carbons (Fsp3) is 0.0385. The van der Waals surface area contributed by atoms with Crippen LogP contribution < -0.4 is 4.74 Å². The first-order chi connectivity index (χ1) is 28.2. The van der Waals surface area contributed by atoms with E-state index in [0.29, 0.717) is 5.82 Å². The molecule has 2 atom stereocenters. The molecule has 0 radical (unpaired) electrons. The second-order valence-electron chi connectivity index (χ2n) is 14.9. The summed E-state index contributed by atoms with van der Waals surface area (Å²) in [4.78, 5) is 10.0. The van der Waals surface area contributed by atoms with Gasteiger partial charge in [0.05, 0.1) is 22.4 Å². The highest BCUT2D eigenvalue weighted by Crippen LogP contribution is 2.47. The average Bonchev–Trinajstić information content (AvgIpc) is 3.94. The summed E-state index contributed by atoms with van der Waals surface area (Å²) in [5.41, 5.74) is 13.4. The number of nitrogens with zero attached hydrogens (tertiary/aromatic N) is 3. The van der Waals surface area contributed by atoms with Gasteiger partial charge in [0.2, 0.25) is 0 Å². The van der Waals surface area contributed by atoms with E-state index in [-0.39, 0.29) is 12.0 Å². The summed E-state index contributed by atoms with van der Waals surface area (Å²) in [5.74, 6) is 1.68. The smallest absolute Gasteiger partial charge is 0.160 e. The van der Waals surface area contributed by atoms with Crippen LogP contribution in [0.25, 0.3) is 88.9 Å². The van der Waals surface area contributed by atoms with Crippen molar-refractivity contribution in [3.05, 3.63) is 199 Å². The molecule has 0 saturated carbocycles. The van der Waals surface area contributed by atoms with Crippen molar-refractivity contribution < 1.29 is 9.15 Å². The summed E-state index contributed by atoms with van der Waals surface area (Å²) in [5, 5.41) is 4.64. The third-order valence-corrected chi connectivity index (χ3v) is 11.6. The Morgan fingerprint density at radius 1 is 0.491 bits per heavy atom. The van der Waals surface area contributed by atoms with Crippen molar-refractivity contribution in [2.45, 2.75) is 12.0 Å². The van der Waals surface area contributed by atoms with Gasteiger partial charge in [0.25, 0.3) is 0 Å². The number of fused-ring (bicyclic) bond motifs is 9. The number of rotatable bonds is 5. The van der Waals surface area contributed by atoms with E-state index in [1.165, 1.54) is 38.5 Å². The van der Waals surface area contributed by atoms with Gasteiger partial charge in [-0.3, -0.25) is 0 Å². The van der Waals surface area contributed by atoms with Gasteiger partial charge < -0.3 is 13.7 Å². The quantitative estimate of drug-likeness (QED) is 0.177. The van der Waals surface area contributed by atoms with Crippen LogP contribution >= 0.6 is 0 Å². The molecule has 0 saturated heterocycles. The molecule has 7 aromatic carbocycles. The maximum atomic E-state index is 6.68. The molecular formula is C52H33N3O2. The molecule has 3 aromatic heterocycles. The van der Waals surface area contributed by atoms with E-state index in [1.807, 2.05) is 48.5 Å². The largest absolute Gasteiger partial charge is 0.485 e. The lowest BCUT2D eigenvalue weighted by Gasteiger charge is -2.19. The Bertz CT molecular complexity index is 3210. The van der Waals surface area contributed by atoms with Crippen LogP contribution in [0.1, 0.15) is 17.0 Å². The van der Waals surface area contributed by atoms with Crippen LogP contribution in [0.4, 0.5) is 0 Å². The molecular weight excluding hydrogens is 699 g/mol. The maximum Gasteiger partial charge on any atom is 0.160 e. The third kappa shape index (κ3) is 5.16. The Kier molecular flexibility index (Phi) is 6.99. The molecule has 2 aliphatic rings. The molecule has 1 aliphatic carbocycles. The van der Waals surface area contributed by atoms with E-state index in [2.05, 4.69) is 144 Å². The minimum atomic E-state index is -0.0962. The summed E-state index contributed by atoms with van der Waals surface area (Å²) >= 11 is 0. The Morgan fingerprint density at radius 3 is 2.00 bits per heavy atom. The molecule has 5 nitrogen and oxygen atoms in total. The van der Waals surface area contributed by atoms with Crippen molar-refractivity contribution in [2.75, 3.05) is 0 Å². The lowest BCUT2D eigenvalue weighted by atomic mass is 9.87. The molecule has 0 N–H and O–H groups in total. The predicted molar refractivity (Wildman–Crippen MR) is 231 cm³/mol. The van der Waals surface area contributed by atoms with Crippen LogP contribution in [-0.4, -0.2) is 20.6 Å². The monoisotopic (exact) mass is 731 g/mol. The van der Waals surface area contributed by atoms with E-state index in [1.54, 1.807) is 0 Å². The summed E-state index contributed by atoms with van der Waals surface area (Å²) in [6.45, 7) is 0. The van der Waals surface area contributed by atoms with Crippen LogP contribution in [-0.2, 0) is 0 Å². The van der Waals surface area contributed by atoms with E-state index in [4.69, 9.17) is 19.1 Å². The van der Waals surface area contributed by atoms with Gasteiger partial charge in [-0.25, -0.2) is 9.97 Å². The number of aromatic nitrogens is 3. The zero-order chi connectivity index (χ0) is 37.5. The Labute approximate surface area is 328 Å².